The molecule has 3 rings (SSSR count). The smallest absolute Gasteiger partial charge is 0.279 e. The number of ether oxygens (including phenoxy) is 2. The predicted octanol–water partition coefficient (Wildman–Crippen LogP) is 0.977. The van der Waals surface area contributed by atoms with Crippen molar-refractivity contribution in [2.24, 2.45) is 0 Å². The molecule has 8 heteroatoms. The molecule has 2 aromatic carbocycles. The van der Waals surface area contributed by atoms with Crippen LogP contribution in [0.15, 0.2) is 54.6 Å². The molecule has 2 aromatic rings. The SMILES string of the molecule is O=C(NNS(=O)(=O)Cc1ccccc1)[C@@H]1COc2ccccc2O1. The van der Waals surface area contributed by atoms with E-state index in [1.54, 1.807) is 54.6 Å². The van der Waals surface area contributed by atoms with Crippen molar-refractivity contribution in [2.75, 3.05) is 6.61 Å². The van der Waals surface area contributed by atoms with Gasteiger partial charge in [-0.25, -0.2) is 8.42 Å². The molecular formula is C16H16N2O5S. The van der Waals surface area contributed by atoms with Crippen molar-refractivity contribution in [3.63, 3.8) is 0 Å². The molecule has 1 aliphatic rings. The third kappa shape index (κ3) is 4.03. The Labute approximate surface area is 139 Å². The van der Waals surface area contributed by atoms with E-state index >= 15 is 0 Å². The lowest BCUT2D eigenvalue weighted by molar-refractivity contribution is -0.130. The topological polar surface area (TPSA) is 93.7 Å². The zero-order chi connectivity index (χ0) is 17.0. The standard InChI is InChI=1S/C16H16N2O5S/c19-16(15-10-22-13-8-4-5-9-14(13)23-15)17-18-24(20,21)11-12-6-2-1-3-7-12/h1-9,15,18H,10-11H2,(H,17,19)/t15-/m0/s1. The number of carbonyl (C=O) groups is 1. The number of carbonyl (C=O) groups excluding carboxylic acids is 1. The molecule has 0 aliphatic carbocycles. The molecule has 0 saturated carbocycles. The first kappa shape index (κ1) is 16.3. The van der Waals surface area contributed by atoms with E-state index in [0.29, 0.717) is 17.1 Å². The molecule has 2 N–H and O–H groups in total. The lowest BCUT2D eigenvalue weighted by Gasteiger charge is -2.25. The summed E-state index contributed by atoms with van der Waals surface area (Å²) in [5.41, 5.74) is 2.78. The summed E-state index contributed by atoms with van der Waals surface area (Å²) < 4.78 is 34.9. The summed E-state index contributed by atoms with van der Waals surface area (Å²) in [7, 11) is -3.71. The molecule has 126 valence electrons. The van der Waals surface area contributed by atoms with Gasteiger partial charge >= 0.3 is 0 Å². The average Bonchev–Trinajstić information content (AvgIpc) is 2.60. The van der Waals surface area contributed by atoms with E-state index in [-0.39, 0.29) is 12.4 Å². The second-order valence-electron chi connectivity index (χ2n) is 5.20. The van der Waals surface area contributed by atoms with Crippen LogP contribution in [0.4, 0.5) is 0 Å². The Balaban J connectivity index is 1.56. The third-order valence-electron chi connectivity index (χ3n) is 3.33. The fourth-order valence-electron chi connectivity index (χ4n) is 2.19. The number of hydrogen-bond donors (Lipinski definition) is 2. The first-order valence-corrected chi connectivity index (χ1v) is 8.90. The highest BCUT2D eigenvalue weighted by molar-refractivity contribution is 7.88. The van der Waals surface area contributed by atoms with Crippen LogP contribution in [-0.2, 0) is 20.6 Å². The van der Waals surface area contributed by atoms with Crippen LogP contribution in [0, 0.1) is 0 Å². The van der Waals surface area contributed by atoms with Gasteiger partial charge in [-0.1, -0.05) is 42.5 Å². The Bertz CT molecular complexity index is 823. The Morgan fingerprint density at radius 2 is 1.71 bits per heavy atom. The van der Waals surface area contributed by atoms with Crippen LogP contribution in [0.1, 0.15) is 5.56 Å². The molecule has 1 aliphatic heterocycles. The summed E-state index contributed by atoms with van der Waals surface area (Å²) in [6.07, 6.45) is -0.931. The molecule has 1 amide bonds. The fraction of sp³-hybridized carbons (Fsp3) is 0.188. The number of rotatable bonds is 5. The molecule has 24 heavy (non-hydrogen) atoms. The lowest BCUT2D eigenvalue weighted by atomic mass is 10.2. The molecule has 0 unspecified atom stereocenters. The van der Waals surface area contributed by atoms with Gasteiger partial charge in [-0.2, -0.15) is 0 Å². The normalized spacial score (nSPS) is 16.4. The number of sulfonamides is 1. The van der Waals surface area contributed by atoms with Crippen LogP contribution in [0.5, 0.6) is 11.5 Å². The average molecular weight is 348 g/mol. The van der Waals surface area contributed by atoms with Gasteiger partial charge in [-0.05, 0) is 17.7 Å². The van der Waals surface area contributed by atoms with Crippen molar-refractivity contribution in [1.29, 1.82) is 0 Å². The molecule has 0 saturated heterocycles. The molecule has 7 nitrogen and oxygen atoms in total. The van der Waals surface area contributed by atoms with Gasteiger partial charge in [0.1, 0.15) is 6.61 Å². The molecule has 0 bridgehead atoms. The van der Waals surface area contributed by atoms with E-state index in [4.69, 9.17) is 9.47 Å². The number of fused-ring (bicyclic) bond motifs is 1. The Morgan fingerprint density at radius 1 is 1.04 bits per heavy atom. The van der Waals surface area contributed by atoms with Gasteiger partial charge in [0.15, 0.2) is 11.5 Å². The first-order chi connectivity index (χ1) is 11.5. The summed E-state index contributed by atoms with van der Waals surface area (Å²) >= 11 is 0. The number of nitrogens with one attached hydrogen (secondary N) is 2. The third-order valence-corrected chi connectivity index (χ3v) is 4.46. The maximum atomic E-state index is 12.1. The monoisotopic (exact) mass is 348 g/mol. The van der Waals surface area contributed by atoms with Crippen molar-refractivity contribution in [3.8, 4) is 11.5 Å². The number of benzene rings is 2. The van der Waals surface area contributed by atoms with E-state index in [1.165, 1.54) is 0 Å². The fourth-order valence-corrected chi connectivity index (χ4v) is 3.15. The first-order valence-electron chi connectivity index (χ1n) is 7.25. The molecule has 0 spiro atoms. The Kier molecular flexibility index (Phi) is 4.68. The van der Waals surface area contributed by atoms with Crippen LogP contribution >= 0.6 is 0 Å². The molecule has 0 aromatic heterocycles. The Morgan fingerprint density at radius 3 is 2.46 bits per heavy atom. The summed E-state index contributed by atoms with van der Waals surface area (Å²) in [4.78, 5) is 14.1. The lowest BCUT2D eigenvalue weighted by Crippen LogP contribution is -2.51. The van der Waals surface area contributed by atoms with E-state index in [1.807, 2.05) is 0 Å². The number of amides is 1. The molecule has 1 atom stereocenters. The van der Waals surface area contributed by atoms with Crippen molar-refractivity contribution in [2.45, 2.75) is 11.9 Å². The highest BCUT2D eigenvalue weighted by Crippen LogP contribution is 2.30. The minimum atomic E-state index is -3.71. The van der Waals surface area contributed by atoms with Crippen molar-refractivity contribution >= 4 is 15.9 Å². The van der Waals surface area contributed by atoms with E-state index < -0.39 is 22.0 Å². The van der Waals surface area contributed by atoms with Gasteiger partial charge in [0.2, 0.25) is 16.1 Å². The second kappa shape index (κ2) is 6.90. The van der Waals surface area contributed by atoms with Crippen LogP contribution in [0.3, 0.4) is 0 Å². The van der Waals surface area contributed by atoms with Gasteiger partial charge in [-0.3, -0.25) is 10.2 Å². The molecule has 0 fully saturated rings. The van der Waals surface area contributed by atoms with Gasteiger partial charge < -0.3 is 9.47 Å². The van der Waals surface area contributed by atoms with Gasteiger partial charge in [0.05, 0.1) is 5.75 Å². The maximum Gasteiger partial charge on any atom is 0.279 e. The minimum Gasteiger partial charge on any atom is -0.485 e. The second-order valence-corrected chi connectivity index (χ2v) is 6.92. The summed E-state index contributed by atoms with van der Waals surface area (Å²) in [5.74, 6) is 0.127. The van der Waals surface area contributed by atoms with Crippen molar-refractivity contribution < 1.29 is 22.7 Å². The van der Waals surface area contributed by atoms with E-state index in [9.17, 15) is 13.2 Å². The highest BCUT2D eigenvalue weighted by Gasteiger charge is 2.28. The highest BCUT2D eigenvalue weighted by atomic mass is 32.2. The van der Waals surface area contributed by atoms with Gasteiger partial charge in [0.25, 0.3) is 5.91 Å². The van der Waals surface area contributed by atoms with E-state index in [0.717, 1.165) is 0 Å². The summed E-state index contributed by atoms with van der Waals surface area (Å²) in [6.45, 7) is 0.00323. The summed E-state index contributed by atoms with van der Waals surface area (Å²) in [5, 5.41) is 0. The quantitative estimate of drug-likeness (QED) is 0.786. The van der Waals surface area contributed by atoms with E-state index in [2.05, 4.69) is 10.3 Å². The maximum absolute atomic E-state index is 12.1. The van der Waals surface area contributed by atoms with Crippen LogP contribution in [0.25, 0.3) is 0 Å². The number of hydrazine groups is 1. The molecular weight excluding hydrogens is 332 g/mol. The van der Waals surface area contributed by atoms with Crippen molar-refractivity contribution in [3.05, 3.63) is 60.2 Å². The summed E-state index contributed by atoms with van der Waals surface area (Å²) in [6, 6.07) is 15.6. The Hall–Kier alpha value is -2.58. The van der Waals surface area contributed by atoms with Gasteiger partial charge in [-0.15, -0.1) is 4.83 Å². The molecule has 0 radical (unpaired) electrons. The minimum absolute atomic E-state index is 0.00323. The zero-order valence-corrected chi connectivity index (χ0v) is 13.5. The van der Waals surface area contributed by atoms with Crippen LogP contribution in [-0.4, -0.2) is 27.0 Å². The van der Waals surface area contributed by atoms with Crippen LogP contribution < -0.4 is 19.7 Å². The van der Waals surface area contributed by atoms with Gasteiger partial charge in [0, 0.05) is 0 Å². The largest absolute Gasteiger partial charge is 0.485 e. The zero-order valence-electron chi connectivity index (χ0n) is 12.6. The number of hydrogen-bond acceptors (Lipinski definition) is 5. The predicted molar refractivity (Wildman–Crippen MR) is 86.7 cm³/mol. The molecule has 1 heterocycles. The number of para-hydroxylation sites is 2. The van der Waals surface area contributed by atoms with Crippen LogP contribution in [0.2, 0.25) is 0 Å². The van der Waals surface area contributed by atoms with Crippen molar-refractivity contribution in [1.82, 2.24) is 10.3 Å².